The minimum atomic E-state index is 0.678. The van der Waals surface area contributed by atoms with Crippen LogP contribution in [0, 0.1) is 23.7 Å². The van der Waals surface area contributed by atoms with Crippen LogP contribution in [0.5, 0.6) is 0 Å². The average Bonchev–Trinajstić information content (AvgIpc) is 2.96. The first-order valence-corrected chi connectivity index (χ1v) is 7.66. The monoisotopic (exact) mass is 233 g/mol. The SMILES string of the molecule is C=CCCC(C)NC1CC2CC1C1CCCC21. The molecule has 0 radical (unpaired) electrons. The quantitative estimate of drug-likeness (QED) is 0.713. The first kappa shape index (κ1) is 11.8. The summed E-state index contributed by atoms with van der Waals surface area (Å²) in [5, 5.41) is 3.91. The fraction of sp³-hybridized carbons (Fsp3) is 0.875. The van der Waals surface area contributed by atoms with Gasteiger partial charge in [-0.15, -0.1) is 6.58 Å². The molecule has 0 aliphatic heterocycles. The Hall–Kier alpha value is -0.300. The zero-order valence-electron chi connectivity index (χ0n) is 11.2. The van der Waals surface area contributed by atoms with E-state index in [0.29, 0.717) is 6.04 Å². The highest BCUT2D eigenvalue weighted by molar-refractivity contribution is 5.05. The van der Waals surface area contributed by atoms with Gasteiger partial charge in [-0.3, -0.25) is 0 Å². The maximum Gasteiger partial charge on any atom is 0.0103 e. The molecule has 3 fully saturated rings. The molecule has 0 aromatic carbocycles. The lowest BCUT2D eigenvalue weighted by molar-refractivity contribution is 0.198. The van der Waals surface area contributed by atoms with Crippen LogP contribution in [0.1, 0.15) is 51.9 Å². The van der Waals surface area contributed by atoms with Crippen molar-refractivity contribution in [3.63, 3.8) is 0 Å². The Kier molecular flexibility index (Phi) is 3.30. The van der Waals surface area contributed by atoms with Gasteiger partial charge in [-0.2, -0.15) is 0 Å². The number of allylic oxidation sites excluding steroid dienone is 1. The van der Waals surface area contributed by atoms with E-state index in [1.165, 1.54) is 25.7 Å². The normalized spacial score (nSPS) is 44.9. The predicted molar refractivity (Wildman–Crippen MR) is 72.9 cm³/mol. The van der Waals surface area contributed by atoms with Gasteiger partial charge in [0.05, 0.1) is 0 Å². The first-order chi connectivity index (χ1) is 8.29. The van der Waals surface area contributed by atoms with E-state index in [2.05, 4.69) is 18.8 Å². The van der Waals surface area contributed by atoms with Gasteiger partial charge in [0.1, 0.15) is 0 Å². The van der Waals surface area contributed by atoms with E-state index in [4.69, 9.17) is 0 Å². The van der Waals surface area contributed by atoms with E-state index >= 15 is 0 Å². The Labute approximate surface area is 106 Å². The Bertz CT molecular complexity index is 285. The molecule has 6 unspecified atom stereocenters. The van der Waals surface area contributed by atoms with E-state index in [9.17, 15) is 0 Å². The third-order valence-corrected chi connectivity index (χ3v) is 5.73. The van der Waals surface area contributed by atoms with Crippen molar-refractivity contribution in [3.05, 3.63) is 12.7 Å². The highest BCUT2D eigenvalue weighted by Gasteiger charge is 2.53. The Balaban J connectivity index is 1.55. The van der Waals surface area contributed by atoms with Crippen molar-refractivity contribution in [1.82, 2.24) is 5.32 Å². The number of rotatable bonds is 5. The van der Waals surface area contributed by atoms with Crippen molar-refractivity contribution in [2.45, 2.75) is 64.0 Å². The van der Waals surface area contributed by atoms with Gasteiger partial charge < -0.3 is 5.32 Å². The number of nitrogens with one attached hydrogen (secondary N) is 1. The molecule has 0 aromatic rings. The Morgan fingerprint density at radius 3 is 2.88 bits per heavy atom. The number of hydrogen-bond donors (Lipinski definition) is 1. The highest BCUT2D eigenvalue weighted by atomic mass is 15.0. The molecule has 0 heterocycles. The van der Waals surface area contributed by atoms with Crippen LogP contribution in [0.4, 0.5) is 0 Å². The largest absolute Gasteiger partial charge is 0.311 e. The Morgan fingerprint density at radius 2 is 2.06 bits per heavy atom. The summed E-state index contributed by atoms with van der Waals surface area (Å²) in [5.74, 6) is 4.33. The van der Waals surface area contributed by atoms with E-state index in [1.54, 1.807) is 12.8 Å². The summed E-state index contributed by atoms with van der Waals surface area (Å²) >= 11 is 0. The minimum Gasteiger partial charge on any atom is -0.311 e. The molecule has 3 aliphatic carbocycles. The van der Waals surface area contributed by atoms with Gasteiger partial charge in [-0.1, -0.05) is 12.5 Å². The molecular weight excluding hydrogens is 206 g/mol. The van der Waals surface area contributed by atoms with Crippen molar-refractivity contribution in [2.75, 3.05) is 0 Å². The zero-order valence-corrected chi connectivity index (χ0v) is 11.2. The third-order valence-electron chi connectivity index (χ3n) is 5.73. The maximum absolute atomic E-state index is 3.91. The second-order valence-corrected chi connectivity index (χ2v) is 6.69. The smallest absolute Gasteiger partial charge is 0.0103 e. The molecule has 2 bridgehead atoms. The van der Waals surface area contributed by atoms with Crippen LogP contribution in [0.3, 0.4) is 0 Å². The van der Waals surface area contributed by atoms with Gasteiger partial charge in [0.2, 0.25) is 0 Å². The summed E-state index contributed by atoms with van der Waals surface area (Å²) in [6.45, 7) is 6.17. The molecule has 3 saturated carbocycles. The van der Waals surface area contributed by atoms with Crippen LogP contribution >= 0.6 is 0 Å². The van der Waals surface area contributed by atoms with E-state index in [0.717, 1.165) is 36.1 Å². The van der Waals surface area contributed by atoms with Crippen LogP contribution in [0.25, 0.3) is 0 Å². The number of fused-ring (bicyclic) bond motifs is 5. The molecule has 6 atom stereocenters. The van der Waals surface area contributed by atoms with Gasteiger partial charge in [0.25, 0.3) is 0 Å². The van der Waals surface area contributed by atoms with Gasteiger partial charge >= 0.3 is 0 Å². The summed E-state index contributed by atoms with van der Waals surface area (Å²) < 4.78 is 0. The lowest BCUT2D eigenvalue weighted by Gasteiger charge is -2.34. The van der Waals surface area contributed by atoms with Crippen molar-refractivity contribution in [1.29, 1.82) is 0 Å². The second kappa shape index (κ2) is 4.76. The molecule has 0 spiro atoms. The molecule has 96 valence electrons. The molecule has 17 heavy (non-hydrogen) atoms. The summed E-state index contributed by atoms with van der Waals surface area (Å²) in [4.78, 5) is 0. The van der Waals surface area contributed by atoms with E-state index in [-0.39, 0.29) is 0 Å². The van der Waals surface area contributed by atoms with Crippen LogP contribution in [0.15, 0.2) is 12.7 Å². The van der Waals surface area contributed by atoms with Gasteiger partial charge in [-0.05, 0) is 69.1 Å². The van der Waals surface area contributed by atoms with Crippen LogP contribution in [-0.4, -0.2) is 12.1 Å². The molecule has 1 heteroatoms. The Morgan fingerprint density at radius 1 is 1.24 bits per heavy atom. The molecule has 1 nitrogen and oxygen atoms in total. The topological polar surface area (TPSA) is 12.0 Å². The van der Waals surface area contributed by atoms with Gasteiger partial charge in [0.15, 0.2) is 0 Å². The standard InChI is InChI=1S/C16H27N/c1-3-4-6-11(2)17-16-10-12-9-15(16)14-8-5-7-13(12)14/h3,11-17H,1,4-10H2,2H3. The van der Waals surface area contributed by atoms with E-state index in [1.807, 2.05) is 6.08 Å². The average molecular weight is 233 g/mol. The first-order valence-electron chi connectivity index (χ1n) is 7.66. The fourth-order valence-corrected chi connectivity index (χ4v) is 5.08. The number of hydrogen-bond acceptors (Lipinski definition) is 1. The highest BCUT2D eigenvalue weighted by Crippen LogP contribution is 2.58. The van der Waals surface area contributed by atoms with Crippen molar-refractivity contribution >= 4 is 0 Å². The predicted octanol–water partition coefficient (Wildman–Crippen LogP) is 3.76. The molecule has 3 aliphatic rings. The summed E-state index contributed by atoms with van der Waals surface area (Å²) in [6, 6.07) is 1.52. The molecular formula is C16H27N. The summed E-state index contributed by atoms with van der Waals surface area (Å²) in [5.41, 5.74) is 0. The summed E-state index contributed by atoms with van der Waals surface area (Å²) in [7, 11) is 0. The lowest BCUT2D eigenvalue weighted by atomic mass is 9.79. The lowest BCUT2D eigenvalue weighted by Crippen LogP contribution is -2.43. The van der Waals surface area contributed by atoms with E-state index < -0.39 is 0 Å². The molecule has 0 amide bonds. The third kappa shape index (κ3) is 2.07. The zero-order chi connectivity index (χ0) is 11.8. The van der Waals surface area contributed by atoms with Crippen LogP contribution < -0.4 is 5.32 Å². The van der Waals surface area contributed by atoms with Crippen LogP contribution in [0.2, 0.25) is 0 Å². The van der Waals surface area contributed by atoms with Crippen LogP contribution in [-0.2, 0) is 0 Å². The molecule has 0 saturated heterocycles. The van der Waals surface area contributed by atoms with Crippen molar-refractivity contribution in [3.8, 4) is 0 Å². The van der Waals surface area contributed by atoms with Crippen molar-refractivity contribution in [2.24, 2.45) is 23.7 Å². The molecule has 1 N–H and O–H groups in total. The van der Waals surface area contributed by atoms with Gasteiger partial charge in [-0.25, -0.2) is 0 Å². The second-order valence-electron chi connectivity index (χ2n) is 6.69. The van der Waals surface area contributed by atoms with Gasteiger partial charge in [0, 0.05) is 12.1 Å². The minimum absolute atomic E-state index is 0.678. The molecule has 0 aromatic heterocycles. The fourth-order valence-electron chi connectivity index (χ4n) is 5.08. The summed E-state index contributed by atoms with van der Waals surface area (Å²) in [6.07, 6.45) is 12.1. The molecule has 3 rings (SSSR count). The maximum atomic E-state index is 3.91. The van der Waals surface area contributed by atoms with Crippen molar-refractivity contribution < 1.29 is 0 Å².